The zero-order valence-corrected chi connectivity index (χ0v) is 13.2. The van der Waals surface area contributed by atoms with Gasteiger partial charge in [-0.2, -0.15) is 5.26 Å². The molecular formula is C17H22BNO2. The standard InChI is InChI=1S/C17H22BNO2/c1-16(2)17(3,4)21-18(20-16)15-11-14(15)13-7-5-6-12(10-13)8-9-19/h5-7,10,14-15H,8,11H2,1-4H3. The summed E-state index contributed by atoms with van der Waals surface area (Å²) in [5, 5.41) is 8.81. The molecule has 4 heteroatoms. The molecule has 21 heavy (non-hydrogen) atoms. The Hall–Kier alpha value is -1.31. The minimum atomic E-state index is -0.256. The first kappa shape index (κ1) is 14.6. The van der Waals surface area contributed by atoms with Crippen LogP contribution in [0.1, 0.15) is 51.2 Å². The molecule has 1 aromatic rings. The quantitative estimate of drug-likeness (QED) is 0.794. The van der Waals surface area contributed by atoms with Gasteiger partial charge in [0.2, 0.25) is 0 Å². The molecule has 110 valence electrons. The van der Waals surface area contributed by atoms with Gasteiger partial charge >= 0.3 is 7.12 Å². The van der Waals surface area contributed by atoms with Gasteiger partial charge in [-0.05, 0) is 51.2 Å². The fourth-order valence-corrected chi connectivity index (χ4v) is 2.99. The third-order valence-corrected chi connectivity index (χ3v) is 5.12. The van der Waals surface area contributed by atoms with Crippen LogP contribution in [-0.2, 0) is 15.7 Å². The Kier molecular flexibility index (Phi) is 3.39. The molecule has 2 unspecified atom stereocenters. The molecule has 3 rings (SSSR count). The maximum Gasteiger partial charge on any atom is 0.461 e. The largest absolute Gasteiger partial charge is 0.461 e. The van der Waals surface area contributed by atoms with Crippen LogP contribution in [0.4, 0.5) is 0 Å². The van der Waals surface area contributed by atoms with E-state index in [0.717, 1.165) is 12.0 Å². The molecule has 0 radical (unpaired) electrons. The van der Waals surface area contributed by atoms with Gasteiger partial charge in [0.15, 0.2) is 0 Å². The third kappa shape index (κ3) is 2.61. The lowest BCUT2D eigenvalue weighted by molar-refractivity contribution is 0.00578. The molecule has 2 aliphatic rings. The summed E-state index contributed by atoms with van der Waals surface area (Å²) in [5.41, 5.74) is 1.89. The topological polar surface area (TPSA) is 42.2 Å². The van der Waals surface area contributed by atoms with Gasteiger partial charge in [-0.15, -0.1) is 0 Å². The van der Waals surface area contributed by atoms with Crippen molar-refractivity contribution in [1.82, 2.24) is 0 Å². The summed E-state index contributed by atoms with van der Waals surface area (Å²) >= 11 is 0. The van der Waals surface area contributed by atoms with Crippen molar-refractivity contribution in [2.75, 3.05) is 0 Å². The van der Waals surface area contributed by atoms with E-state index in [1.165, 1.54) is 5.56 Å². The second-order valence-corrected chi connectivity index (χ2v) is 7.21. The van der Waals surface area contributed by atoms with Crippen LogP contribution in [0.2, 0.25) is 5.82 Å². The highest BCUT2D eigenvalue weighted by atomic mass is 16.7. The Bertz CT molecular complexity index is 575. The van der Waals surface area contributed by atoms with E-state index < -0.39 is 0 Å². The number of hydrogen-bond acceptors (Lipinski definition) is 3. The first-order chi connectivity index (χ1) is 9.84. The molecule has 1 saturated heterocycles. The van der Waals surface area contributed by atoms with Crippen molar-refractivity contribution in [3.05, 3.63) is 35.4 Å². The second-order valence-electron chi connectivity index (χ2n) is 7.21. The van der Waals surface area contributed by atoms with Crippen LogP contribution in [-0.4, -0.2) is 18.3 Å². The Balaban J connectivity index is 1.70. The lowest BCUT2D eigenvalue weighted by atomic mass is 9.79. The number of hydrogen-bond donors (Lipinski definition) is 0. The first-order valence-electron chi connectivity index (χ1n) is 7.65. The summed E-state index contributed by atoms with van der Waals surface area (Å²) in [5.74, 6) is 0.932. The number of rotatable bonds is 3. The van der Waals surface area contributed by atoms with Crippen LogP contribution < -0.4 is 0 Å². The van der Waals surface area contributed by atoms with Crippen LogP contribution in [0, 0.1) is 11.3 Å². The highest BCUT2D eigenvalue weighted by Gasteiger charge is 2.59. The molecular weight excluding hydrogens is 261 g/mol. The highest BCUT2D eigenvalue weighted by molar-refractivity contribution is 6.49. The number of benzene rings is 1. The van der Waals surface area contributed by atoms with Crippen molar-refractivity contribution in [3.8, 4) is 6.07 Å². The van der Waals surface area contributed by atoms with E-state index in [4.69, 9.17) is 14.6 Å². The molecule has 2 atom stereocenters. The van der Waals surface area contributed by atoms with E-state index in [-0.39, 0.29) is 18.3 Å². The van der Waals surface area contributed by atoms with E-state index in [2.05, 4.69) is 45.9 Å². The average Bonchev–Trinajstić information content (AvgIpc) is 3.14. The minimum Gasteiger partial charge on any atom is -0.403 e. The molecule has 0 N–H and O–H groups in total. The second kappa shape index (κ2) is 4.86. The maximum atomic E-state index is 8.81. The summed E-state index contributed by atoms with van der Waals surface area (Å²) in [6.07, 6.45) is 1.58. The number of nitrogens with zero attached hydrogens (tertiary/aromatic N) is 1. The Morgan fingerprint density at radius 3 is 2.52 bits per heavy atom. The summed E-state index contributed by atoms with van der Waals surface area (Å²) < 4.78 is 12.3. The lowest BCUT2D eigenvalue weighted by Gasteiger charge is -2.32. The fourth-order valence-electron chi connectivity index (χ4n) is 2.99. The molecule has 0 aromatic heterocycles. The first-order valence-corrected chi connectivity index (χ1v) is 7.65. The van der Waals surface area contributed by atoms with Crippen molar-refractivity contribution in [2.24, 2.45) is 0 Å². The Morgan fingerprint density at radius 2 is 1.90 bits per heavy atom. The lowest BCUT2D eigenvalue weighted by Crippen LogP contribution is -2.41. The molecule has 1 saturated carbocycles. The van der Waals surface area contributed by atoms with Gasteiger partial charge in [0.25, 0.3) is 0 Å². The molecule has 3 nitrogen and oxygen atoms in total. The molecule has 1 aliphatic carbocycles. The van der Waals surface area contributed by atoms with Gasteiger partial charge in [0, 0.05) is 5.82 Å². The van der Waals surface area contributed by atoms with Crippen molar-refractivity contribution >= 4 is 7.12 Å². The summed E-state index contributed by atoms with van der Waals surface area (Å²) in [6, 6.07) is 10.6. The third-order valence-electron chi connectivity index (χ3n) is 5.12. The van der Waals surface area contributed by atoms with Gasteiger partial charge in [0.05, 0.1) is 23.7 Å². The van der Waals surface area contributed by atoms with E-state index >= 15 is 0 Å². The van der Waals surface area contributed by atoms with Crippen molar-refractivity contribution in [1.29, 1.82) is 5.26 Å². The summed E-state index contributed by atoms with van der Waals surface area (Å²) in [6.45, 7) is 8.38. The monoisotopic (exact) mass is 283 g/mol. The van der Waals surface area contributed by atoms with Crippen LogP contribution >= 0.6 is 0 Å². The van der Waals surface area contributed by atoms with Gasteiger partial charge in [0.1, 0.15) is 0 Å². The average molecular weight is 283 g/mol. The maximum absolute atomic E-state index is 8.81. The Labute approximate surface area is 127 Å². The minimum absolute atomic E-state index is 0.111. The van der Waals surface area contributed by atoms with E-state index in [9.17, 15) is 0 Å². The van der Waals surface area contributed by atoms with Gasteiger partial charge in [-0.1, -0.05) is 24.3 Å². The van der Waals surface area contributed by atoms with Crippen LogP contribution in [0.15, 0.2) is 24.3 Å². The van der Waals surface area contributed by atoms with Crippen molar-refractivity contribution in [3.63, 3.8) is 0 Å². The highest BCUT2D eigenvalue weighted by Crippen LogP contribution is 2.58. The molecule has 0 spiro atoms. The van der Waals surface area contributed by atoms with Crippen LogP contribution in [0.5, 0.6) is 0 Å². The molecule has 0 amide bonds. The fraction of sp³-hybridized carbons (Fsp3) is 0.588. The van der Waals surface area contributed by atoms with Gasteiger partial charge in [-0.3, -0.25) is 0 Å². The van der Waals surface area contributed by atoms with Crippen LogP contribution in [0.3, 0.4) is 0 Å². The smallest absolute Gasteiger partial charge is 0.403 e. The number of nitriles is 1. The van der Waals surface area contributed by atoms with Gasteiger partial charge < -0.3 is 9.31 Å². The summed E-state index contributed by atoms with van der Waals surface area (Å²) in [4.78, 5) is 0. The predicted octanol–water partition coefficient (Wildman–Crippen LogP) is 3.70. The van der Waals surface area contributed by atoms with Crippen molar-refractivity contribution < 1.29 is 9.31 Å². The molecule has 1 aliphatic heterocycles. The zero-order valence-electron chi connectivity index (χ0n) is 13.2. The molecule has 1 heterocycles. The van der Waals surface area contributed by atoms with E-state index in [1.54, 1.807) is 0 Å². The van der Waals surface area contributed by atoms with E-state index in [1.807, 2.05) is 12.1 Å². The van der Waals surface area contributed by atoms with Gasteiger partial charge in [-0.25, -0.2) is 0 Å². The normalized spacial score (nSPS) is 29.2. The zero-order chi connectivity index (χ0) is 15.3. The molecule has 1 aromatic carbocycles. The molecule has 2 fully saturated rings. The Morgan fingerprint density at radius 1 is 1.24 bits per heavy atom. The SMILES string of the molecule is CC1(C)OB(C2CC2c2cccc(CC#N)c2)OC1(C)C. The molecule has 0 bridgehead atoms. The summed E-state index contributed by atoms with van der Waals surface area (Å²) in [7, 11) is -0.111. The van der Waals surface area contributed by atoms with Crippen molar-refractivity contribution in [2.45, 2.75) is 63.5 Å². The van der Waals surface area contributed by atoms with Crippen LogP contribution in [0.25, 0.3) is 0 Å². The van der Waals surface area contributed by atoms with E-state index in [0.29, 0.717) is 18.2 Å². The predicted molar refractivity (Wildman–Crippen MR) is 82.9 cm³/mol.